The van der Waals surface area contributed by atoms with E-state index in [0.29, 0.717) is 17.1 Å². The molecule has 20 heavy (non-hydrogen) atoms. The summed E-state index contributed by atoms with van der Waals surface area (Å²) in [6.07, 6.45) is 2.29. The van der Waals surface area contributed by atoms with Gasteiger partial charge in [-0.2, -0.15) is 0 Å². The molecule has 2 heterocycles. The highest BCUT2D eigenvalue weighted by Gasteiger charge is 2.27. The number of carbonyl (C=O) groups excluding carboxylic acids is 1. The fourth-order valence-electron chi connectivity index (χ4n) is 2.81. The first-order chi connectivity index (χ1) is 9.54. The van der Waals surface area contributed by atoms with E-state index in [1.54, 1.807) is 0 Å². The Balaban J connectivity index is 1.91. The van der Waals surface area contributed by atoms with Crippen LogP contribution in [0.5, 0.6) is 0 Å². The second-order valence-corrected chi connectivity index (χ2v) is 6.79. The van der Waals surface area contributed by atoms with Crippen molar-refractivity contribution in [3.05, 3.63) is 23.8 Å². The molecule has 0 radical (unpaired) electrons. The van der Waals surface area contributed by atoms with Gasteiger partial charge in [0.05, 0.1) is 10.2 Å². The van der Waals surface area contributed by atoms with Gasteiger partial charge < -0.3 is 10.6 Å². The van der Waals surface area contributed by atoms with Crippen molar-refractivity contribution in [2.24, 2.45) is 5.92 Å². The van der Waals surface area contributed by atoms with E-state index >= 15 is 0 Å². The number of anilines is 1. The minimum absolute atomic E-state index is 0.123. The van der Waals surface area contributed by atoms with E-state index in [2.05, 4.69) is 18.8 Å². The molecule has 5 heteroatoms. The second kappa shape index (κ2) is 5.05. The van der Waals surface area contributed by atoms with Crippen LogP contribution in [-0.2, 0) is 0 Å². The molecule has 3 rings (SSSR count). The molecule has 0 spiro atoms. The van der Waals surface area contributed by atoms with Crippen molar-refractivity contribution in [3.63, 3.8) is 0 Å². The predicted molar refractivity (Wildman–Crippen MR) is 82.9 cm³/mol. The van der Waals surface area contributed by atoms with E-state index in [1.165, 1.54) is 17.8 Å². The number of rotatable bonds is 1. The van der Waals surface area contributed by atoms with Gasteiger partial charge in [0.2, 0.25) is 0 Å². The molecule has 0 bridgehead atoms. The molecule has 2 aromatic rings. The number of amides is 1. The topological polar surface area (TPSA) is 59.2 Å². The van der Waals surface area contributed by atoms with E-state index < -0.39 is 0 Å². The van der Waals surface area contributed by atoms with Crippen molar-refractivity contribution in [2.75, 3.05) is 12.3 Å². The highest BCUT2D eigenvalue weighted by molar-refractivity contribution is 7.22. The first-order valence-electron chi connectivity index (χ1n) is 7.01. The van der Waals surface area contributed by atoms with Crippen LogP contribution < -0.4 is 5.73 Å². The van der Waals surface area contributed by atoms with Crippen LogP contribution in [0.25, 0.3) is 10.2 Å². The van der Waals surface area contributed by atoms with Gasteiger partial charge in [0.1, 0.15) is 0 Å². The molecule has 1 aliphatic heterocycles. The molecule has 1 fully saturated rings. The Kier molecular flexibility index (Phi) is 3.38. The lowest BCUT2D eigenvalue weighted by Crippen LogP contribution is -2.44. The number of aromatic nitrogens is 1. The number of thiazole rings is 1. The number of hydrogen-bond acceptors (Lipinski definition) is 4. The van der Waals surface area contributed by atoms with Crippen molar-refractivity contribution in [1.82, 2.24) is 9.88 Å². The number of nitrogen functional groups attached to an aromatic ring is 1. The zero-order valence-electron chi connectivity index (χ0n) is 11.8. The van der Waals surface area contributed by atoms with E-state index in [0.717, 1.165) is 28.7 Å². The maximum absolute atomic E-state index is 12.7. The fraction of sp³-hybridized carbons (Fsp3) is 0.467. The Morgan fingerprint density at radius 3 is 3.00 bits per heavy atom. The number of carbonyl (C=O) groups is 1. The summed E-state index contributed by atoms with van der Waals surface area (Å²) in [4.78, 5) is 18.9. The van der Waals surface area contributed by atoms with Crippen LogP contribution in [0.2, 0.25) is 0 Å². The number of hydrogen-bond donors (Lipinski definition) is 1. The molecule has 1 aromatic carbocycles. The lowest BCUT2D eigenvalue weighted by atomic mass is 9.94. The Morgan fingerprint density at radius 1 is 1.40 bits per heavy atom. The van der Waals surface area contributed by atoms with Crippen LogP contribution in [-0.4, -0.2) is 28.4 Å². The summed E-state index contributed by atoms with van der Waals surface area (Å²) >= 11 is 1.43. The Hall–Kier alpha value is -1.62. The molecule has 2 atom stereocenters. The molecular weight excluding hydrogens is 270 g/mol. The summed E-state index contributed by atoms with van der Waals surface area (Å²) in [6, 6.07) is 5.97. The van der Waals surface area contributed by atoms with Crippen molar-refractivity contribution in [2.45, 2.75) is 32.7 Å². The monoisotopic (exact) mass is 289 g/mol. The molecule has 4 nitrogen and oxygen atoms in total. The smallest absolute Gasteiger partial charge is 0.254 e. The van der Waals surface area contributed by atoms with Gasteiger partial charge in [-0.3, -0.25) is 4.79 Å². The SMILES string of the molecule is CC1CCC(C)N(C(=O)c2ccc3nc(N)sc3c2)C1. The molecule has 1 aliphatic rings. The minimum Gasteiger partial charge on any atom is -0.375 e. The number of benzene rings is 1. The zero-order valence-corrected chi connectivity index (χ0v) is 12.6. The first kappa shape index (κ1) is 13.4. The van der Waals surface area contributed by atoms with Crippen LogP contribution >= 0.6 is 11.3 Å². The highest BCUT2D eigenvalue weighted by atomic mass is 32.1. The van der Waals surface area contributed by atoms with Gasteiger partial charge in [-0.15, -0.1) is 0 Å². The second-order valence-electron chi connectivity index (χ2n) is 5.72. The van der Waals surface area contributed by atoms with Crippen molar-refractivity contribution < 1.29 is 4.79 Å². The minimum atomic E-state index is 0.123. The van der Waals surface area contributed by atoms with Crippen molar-refractivity contribution in [3.8, 4) is 0 Å². The molecule has 106 valence electrons. The molecule has 2 N–H and O–H groups in total. The van der Waals surface area contributed by atoms with Gasteiger partial charge in [0.15, 0.2) is 5.13 Å². The maximum Gasteiger partial charge on any atom is 0.254 e. The van der Waals surface area contributed by atoms with Crippen molar-refractivity contribution in [1.29, 1.82) is 0 Å². The molecule has 1 amide bonds. The lowest BCUT2D eigenvalue weighted by molar-refractivity contribution is 0.0574. The largest absolute Gasteiger partial charge is 0.375 e. The number of nitrogens with zero attached hydrogens (tertiary/aromatic N) is 2. The standard InChI is InChI=1S/C15H19N3OS/c1-9-3-4-10(2)18(8-9)14(19)11-5-6-12-13(7-11)20-15(16)17-12/h5-7,9-10H,3-4,8H2,1-2H3,(H2,16,17). The predicted octanol–water partition coefficient (Wildman–Crippen LogP) is 3.14. The van der Waals surface area contributed by atoms with Gasteiger partial charge in [-0.1, -0.05) is 18.3 Å². The number of piperidine rings is 1. The van der Waals surface area contributed by atoms with Crippen LogP contribution in [0.4, 0.5) is 5.13 Å². The third kappa shape index (κ3) is 2.38. The Bertz CT molecular complexity index is 652. The lowest BCUT2D eigenvalue weighted by Gasteiger charge is -2.36. The molecular formula is C15H19N3OS. The molecule has 1 saturated heterocycles. The van der Waals surface area contributed by atoms with Gasteiger partial charge in [-0.05, 0) is 43.9 Å². The van der Waals surface area contributed by atoms with Crippen LogP contribution in [0.15, 0.2) is 18.2 Å². The third-order valence-electron chi connectivity index (χ3n) is 4.03. The van der Waals surface area contributed by atoms with Gasteiger partial charge >= 0.3 is 0 Å². The number of fused-ring (bicyclic) bond motifs is 1. The maximum atomic E-state index is 12.7. The van der Waals surface area contributed by atoms with Crippen LogP contribution in [0, 0.1) is 5.92 Å². The molecule has 0 saturated carbocycles. The van der Waals surface area contributed by atoms with Gasteiger partial charge in [-0.25, -0.2) is 4.98 Å². The summed E-state index contributed by atoms with van der Waals surface area (Å²) < 4.78 is 0.978. The van der Waals surface area contributed by atoms with Gasteiger partial charge in [0, 0.05) is 18.2 Å². The van der Waals surface area contributed by atoms with E-state index in [-0.39, 0.29) is 5.91 Å². The third-order valence-corrected chi connectivity index (χ3v) is 4.88. The van der Waals surface area contributed by atoms with Crippen LogP contribution in [0.3, 0.4) is 0 Å². The summed E-state index contributed by atoms with van der Waals surface area (Å²) in [6.45, 7) is 5.19. The molecule has 0 aliphatic carbocycles. The summed E-state index contributed by atoms with van der Waals surface area (Å²) in [7, 11) is 0. The molecule has 1 aromatic heterocycles. The summed E-state index contributed by atoms with van der Waals surface area (Å²) in [5.74, 6) is 0.704. The normalized spacial score (nSPS) is 23.2. The van der Waals surface area contributed by atoms with E-state index in [9.17, 15) is 4.79 Å². The first-order valence-corrected chi connectivity index (χ1v) is 7.83. The quantitative estimate of drug-likeness (QED) is 0.877. The average Bonchev–Trinajstić information content (AvgIpc) is 2.79. The van der Waals surface area contributed by atoms with Crippen molar-refractivity contribution >= 4 is 32.6 Å². The fourth-order valence-corrected chi connectivity index (χ4v) is 3.59. The summed E-state index contributed by atoms with van der Waals surface area (Å²) in [5.41, 5.74) is 7.31. The Morgan fingerprint density at radius 2 is 2.20 bits per heavy atom. The summed E-state index contributed by atoms with van der Waals surface area (Å²) in [5, 5.41) is 0.546. The zero-order chi connectivity index (χ0) is 14.3. The number of nitrogens with two attached hydrogens (primary N) is 1. The van der Waals surface area contributed by atoms with E-state index in [1.807, 2.05) is 23.1 Å². The van der Waals surface area contributed by atoms with Crippen LogP contribution in [0.1, 0.15) is 37.0 Å². The number of likely N-dealkylation sites (tertiary alicyclic amines) is 1. The molecule has 2 unspecified atom stereocenters. The highest BCUT2D eigenvalue weighted by Crippen LogP contribution is 2.27. The van der Waals surface area contributed by atoms with Gasteiger partial charge in [0.25, 0.3) is 5.91 Å². The Labute approximate surface area is 122 Å². The average molecular weight is 289 g/mol. The van der Waals surface area contributed by atoms with E-state index in [4.69, 9.17) is 5.73 Å².